The summed E-state index contributed by atoms with van der Waals surface area (Å²) in [7, 11) is 3.37. The van der Waals surface area contributed by atoms with Crippen LogP contribution in [-0.2, 0) is 6.42 Å². The summed E-state index contributed by atoms with van der Waals surface area (Å²) in [5, 5.41) is 0. The fourth-order valence-electron chi connectivity index (χ4n) is 4.02. The zero-order valence-corrected chi connectivity index (χ0v) is 15.6. The van der Waals surface area contributed by atoms with E-state index in [4.69, 9.17) is 18.9 Å². The molecule has 0 fully saturated rings. The number of quaternary nitrogens is 1. The molecule has 0 spiro atoms. The van der Waals surface area contributed by atoms with E-state index in [1.807, 2.05) is 24.3 Å². The minimum atomic E-state index is 0.0732. The van der Waals surface area contributed by atoms with Crippen molar-refractivity contribution in [2.45, 2.75) is 25.5 Å². The molecule has 0 bridgehead atoms. The molecular weight excluding hydrogens is 330 g/mol. The Morgan fingerprint density at radius 3 is 2.58 bits per heavy atom. The van der Waals surface area contributed by atoms with Gasteiger partial charge in [0.25, 0.3) is 0 Å². The van der Waals surface area contributed by atoms with Gasteiger partial charge in [-0.3, -0.25) is 0 Å². The van der Waals surface area contributed by atoms with Gasteiger partial charge in [-0.25, -0.2) is 0 Å². The van der Waals surface area contributed by atoms with Gasteiger partial charge in [0.05, 0.1) is 20.8 Å². The molecule has 0 aromatic heterocycles. The zero-order valence-electron chi connectivity index (χ0n) is 15.6. The van der Waals surface area contributed by atoms with Gasteiger partial charge in [0.2, 0.25) is 0 Å². The van der Waals surface area contributed by atoms with Gasteiger partial charge in [0.15, 0.2) is 29.1 Å². The lowest BCUT2D eigenvalue weighted by atomic mass is 9.92. The summed E-state index contributed by atoms with van der Waals surface area (Å²) in [6, 6.07) is 12.5. The number of ether oxygens (including phenoxy) is 4. The molecule has 1 N–H and O–H groups in total. The number of hydrogen-bond donors (Lipinski definition) is 1. The third-order valence-corrected chi connectivity index (χ3v) is 5.50. The van der Waals surface area contributed by atoms with Crippen LogP contribution in [0.5, 0.6) is 23.0 Å². The van der Waals surface area contributed by atoms with E-state index in [0.717, 1.165) is 42.5 Å². The first-order chi connectivity index (χ1) is 12.7. The fraction of sp³-hybridized carbons (Fsp3) is 0.429. The third-order valence-electron chi connectivity index (χ3n) is 5.50. The number of fused-ring (bicyclic) bond motifs is 2. The van der Waals surface area contributed by atoms with Gasteiger partial charge in [0, 0.05) is 12.0 Å². The standard InChI is InChI=1S/C21H25NO4/c1-14-17-11-21(24-3)20(23-2)10-15(17)8-9-22(14)12-16-13-25-18-6-4-5-7-19(18)26-16/h4-7,10-11,14,16H,8-9,12-13H2,1-3H3/p+1/t14-,16-/m0/s1. The molecule has 1 unspecified atom stereocenters. The second kappa shape index (κ2) is 7.08. The molecule has 2 aromatic carbocycles. The van der Waals surface area contributed by atoms with Gasteiger partial charge in [0.1, 0.15) is 19.2 Å². The van der Waals surface area contributed by atoms with Crippen molar-refractivity contribution in [3.05, 3.63) is 47.5 Å². The summed E-state index contributed by atoms with van der Waals surface area (Å²) in [6.07, 6.45) is 1.10. The van der Waals surface area contributed by atoms with E-state index >= 15 is 0 Å². The molecule has 3 atom stereocenters. The Balaban J connectivity index is 1.50. The number of hydrogen-bond acceptors (Lipinski definition) is 4. The van der Waals surface area contributed by atoms with E-state index in [-0.39, 0.29) is 6.10 Å². The fourth-order valence-corrected chi connectivity index (χ4v) is 4.02. The van der Waals surface area contributed by atoms with Crippen LogP contribution in [0.15, 0.2) is 36.4 Å². The quantitative estimate of drug-likeness (QED) is 0.910. The Kier molecular flexibility index (Phi) is 4.64. The molecule has 138 valence electrons. The first-order valence-electron chi connectivity index (χ1n) is 9.17. The molecule has 26 heavy (non-hydrogen) atoms. The van der Waals surface area contributed by atoms with Crippen molar-refractivity contribution in [2.75, 3.05) is 33.9 Å². The lowest BCUT2D eigenvalue weighted by Gasteiger charge is -2.36. The highest BCUT2D eigenvalue weighted by molar-refractivity contribution is 5.48. The predicted octanol–water partition coefficient (Wildman–Crippen LogP) is 2.05. The van der Waals surface area contributed by atoms with Gasteiger partial charge in [-0.15, -0.1) is 0 Å². The molecule has 2 aliphatic heterocycles. The van der Waals surface area contributed by atoms with Crippen molar-refractivity contribution in [3.63, 3.8) is 0 Å². The van der Waals surface area contributed by atoms with E-state index in [1.165, 1.54) is 16.0 Å². The second-order valence-corrected chi connectivity index (χ2v) is 6.99. The van der Waals surface area contributed by atoms with Crippen LogP contribution in [0.4, 0.5) is 0 Å². The third kappa shape index (κ3) is 3.07. The lowest BCUT2D eigenvalue weighted by molar-refractivity contribution is -0.934. The van der Waals surface area contributed by atoms with Crippen LogP contribution in [-0.4, -0.2) is 40.0 Å². The molecule has 2 aromatic rings. The molecule has 5 nitrogen and oxygen atoms in total. The number of rotatable bonds is 4. The summed E-state index contributed by atoms with van der Waals surface area (Å²) >= 11 is 0. The molecule has 0 saturated carbocycles. The summed E-state index contributed by atoms with van der Waals surface area (Å²) < 4.78 is 23.0. The Hall–Kier alpha value is -2.40. The minimum Gasteiger partial charge on any atom is -0.493 e. The van der Waals surface area contributed by atoms with Crippen LogP contribution < -0.4 is 23.8 Å². The normalized spacial score (nSPS) is 23.9. The van der Waals surface area contributed by atoms with E-state index in [2.05, 4.69) is 19.1 Å². The molecule has 0 saturated heterocycles. The first kappa shape index (κ1) is 17.0. The largest absolute Gasteiger partial charge is 0.493 e. The van der Waals surface area contributed by atoms with Crippen molar-refractivity contribution in [2.24, 2.45) is 0 Å². The van der Waals surface area contributed by atoms with Crippen molar-refractivity contribution >= 4 is 0 Å². The molecule has 0 aliphatic carbocycles. The highest BCUT2D eigenvalue weighted by Gasteiger charge is 2.33. The predicted molar refractivity (Wildman–Crippen MR) is 98.7 cm³/mol. The topological polar surface area (TPSA) is 41.4 Å². The minimum absolute atomic E-state index is 0.0732. The zero-order chi connectivity index (χ0) is 18.1. The summed E-state index contributed by atoms with van der Waals surface area (Å²) in [4.78, 5) is 1.51. The highest BCUT2D eigenvalue weighted by atomic mass is 16.6. The van der Waals surface area contributed by atoms with Crippen LogP contribution in [0.1, 0.15) is 24.1 Å². The number of para-hydroxylation sites is 2. The van der Waals surface area contributed by atoms with Crippen molar-refractivity contribution < 1.29 is 23.8 Å². The van der Waals surface area contributed by atoms with Gasteiger partial charge >= 0.3 is 0 Å². The summed E-state index contributed by atoms with van der Waals surface area (Å²) in [5.41, 5.74) is 2.69. The van der Waals surface area contributed by atoms with Gasteiger partial charge in [-0.1, -0.05) is 12.1 Å². The molecule has 2 aliphatic rings. The van der Waals surface area contributed by atoms with Gasteiger partial charge in [-0.2, -0.15) is 0 Å². The van der Waals surface area contributed by atoms with Crippen molar-refractivity contribution in [1.29, 1.82) is 0 Å². The van der Waals surface area contributed by atoms with E-state index < -0.39 is 0 Å². The van der Waals surface area contributed by atoms with Crippen LogP contribution in [0.3, 0.4) is 0 Å². The average Bonchev–Trinajstić information content (AvgIpc) is 2.69. The van der Waals surface area contributed by atoms with Crippen LogP contribution in [0.2, 0.25) is 0 Å². The Labute approximate surface area is 154 Å². The SMILES string of the molecule is COc1cc2c(cc1OC)[C@H](C)[NH+](C[C@H]1COc3ccccc3O1)CC2. The Morgan fingerprint density at radius 2 is 1.81 bits per heavy atom. The van der Waals surface area contributed by atoms with Crippen molar-refractivity contribution in [1.82, 2.24) is 0 Å². The number of methoxy groups -OCH3 is 2. The first-order valence-corrected chi connectivity index (χ1v) is 9.17. The lowest BCUT2D eigenvalue weighted by Crippen LogP contribution is -3.14. The summed E-state index contributed by atoms with van der Waals surface area (Å²) in [6.45, 7) is 4.87. The molecular formula is C21H26NO4+. The van der Waals surface area contributed by atoms with E-state index in [1.54, 1.807) is 14.2 Å². The van der Waals surface area contributed by atoms with Crippen LogP contribution >= 0.6 is 0 Å². The highest BCUT2D eigenvalue weighted by Crippen LogP contribution is 2.34. The second-order valence-electron chi connectivity index (χ2n) is 6.99. The monoisotopic (exact) mass is 356 g/mol. The molecule has 0 radical (unpaired) electrons. The van der Waals surface area contributed by atoms with Gasteiger partial charge < -0.3 is 23.8 Å². The van der Waals surface area contributed by atoms with Gasteiger partial charge in [-0.05, 0) is 36.8 Å². The van der Waals surface area contributed by atoms with E-state index in [9.17, 15) is 0 Å². The van der Waals surface area contributed by atoms with E-state index in [0.29, 0.717) is 12.6 Å². The molecule has 2 heterocycles. The van der Waals surface area contributed by atoms with Crippen LogP contribution in [0.25, 0.3) is 0 Å². The molecule has 4 rings (SSSR count). The van der Waals surface area contributed by atoms with Crippen molar-refractivity contribution in [3.8, 4) is 23.0 Å². The maximum atomic E-state index is 6.16. The molecule has 0 amide bonds. The van der Waals surface area contributed by atoms with Crippen LogP contribution in [0, 0.1) is 0 Å². The molecule has 5 heteroatoms. The smallest absolute Gasteiger partial charge is 0.181 e. The Bertz CT molecular complexity index is 792. The summed E-state index contributed by atoms with van der Waals surface area (Å²) in [5.74, 6) is 3.29. The maximum Gasteiger partial charge on any atom is 0.181 e. The average molecular weight is 356 g/mol. The Morgan fingerprint density at radius 1 is 1.08 bits per heavy atom. The maximum absolute atomic E-state index is 6.16. The number of nitrogens with one attached hydrogen (secondary N) is 1. The number of benzene rings is 2.